The van der Waals surface area contributed by atoms with Crippen molar-refractivity contribution >= 4 is 17.6 Å². The number of nitrogens with zero attached hydrogens (tertiary/aromatic N) is 3. The third kappa shape index (κ3) is 2.97. The minimum Gasteiger partial charge on any atom is -0.409 e. The van der Waals surface area contributed by atoms with Crippen LogP contribution in [0, 0.1) is 11.6 Å². The number of oxime groups is 1. The lowest BCUT2D eigenvalue weighted by Crippen LogP contribution is -2.14. The van der Waals surface area contributed by atoms with E-state index in [0.717, 1.165) is 23.9 Å². The first-order chi connectivity index (χ1) is 9.11. The zero-order chi connectivity index (χ0) is 13.8. The molecule has 0 aliphatic rings. The fourth-order valence-electron chi connectivity index (χ4n) is 1.31. The highest BCUT2D eigenvalue weighted by atomic mass is 32.2. The van der Waals surface area contributed by atoms with E-state index in [1.54, 1.807) is 0 Å². The molecule has 2 rings (SSSR count). The van der Waals surface area contributed by atoms with E-state index in [1.165, 1.54) is 18.6 Å². The van der Waals surface area contributed by atoms with Crippen LogP contribution in [-0.2, 0) is 0 Å². The smallest absolute Gasteiger partial charge is 0.170 e. The van der Waals surface area contributed by atoms with E-state index in [4.69, 9.17) is 10.9 Å². The summed E-state index contributed by atoms with van der Waals surface area (Å²) in [6.45, 7) is 0. The van der Waals surface area contributed by atoms with Gasteiger partial charge in [0.2, 0.25) is 0 Å². The maximum Gasteiger partial charge on any atom is 0.170 e. The molecule has 5 nitrogen and oxygen atoms in total. The van der Waals surface area contributed by atoms with Crippen LogP contribution in [0.5, 0.6) is 0 Å². The molecule has 8 heteroatoms. The molecule has 98 valence electrons. The Kier molecular flexibility index (Phi) is 3.91. The molecular formula is C11H8F2N4OS. The molecule has 0 saturated carbocycles. The summed E-state index contributed by atoms with van der Waals surface area (Å²) in [4.78, 5) is 7.48. The Morgan fingerprint density at radius 3 is 2.47 bits per heavy atom. The highest BCUT2D eigenvalue weighted by Crippen LogP contribution is 2.31. The van der Waals surface area contributed by atoms with Crippen LogP contribution in [0.3, 0.4) is 0 Å². The van der Waals surface area contributed by atoms with Gasteiger partial charge in [-0.2, -0.15) is 0 Å². The highest BCUT2D eigenvalue weighted by molar-refractivity contribution is 7.99. The van der Waals surface area contributed by atoms with Gasteiger partial charge in [-0.05, 0) is 12.1 Å². The Hall–Kier alpha value is -2.22. The number of nitrogens with two attached hydrogens (primary N) is 1. The van der Waals surface area contributed by atoms with Crippen LogP contribution in [0.4, 0.5) is 8.78 Å². The molecule has 0 spiro atoms. The fourth-order valence-corrected chi connectivity index (χ4v) is 2.05. The van der Waals surface area contributed by atoms with Crippen LogP contribution >= 0.6 is 11.8 Å². The van der Waals surface area contributed by atoms with E-state index in [0.29, 0.717) is 5.03 Å². The topological polar surface area (TPSA) is 84.4 Å². The van der Waals surface area contributed by atoms with Crippen LogP contribution < -0.4 is 5.73 Å². The molecule has 2 aromatic rings. The largest absolute Gasteiger partial charge is 0.409 e. The van der Waals surface area contributed by atoms with Gasteiger partial charge < -0.3 is 10.9 Å². The monoisotopic (exact) mass is 282 g/mol. The SMILES string of the molecule is N/C(=N/O)c1cc(F)c(Sc2cnccn2)c(F)c1. The van der Waals surface area contributed by atoms with E-state index < -0.39 is 11.6 Å². The molecule has 0 fully saturated rings. The predicted octanol–water partition coefficient (Wildman–Crippen LogP) is 2.00. The first-order valence-corrected chi connectivity index (χ1v) is 5.84. The molecule has 19 heavy (non-hydrogen) atoms. The maximum atomic E-state index is 13.8. The molecular weight excluding hydrogens is 274 g/mol. The predicted molar refractivity (Wildman–Crippen MR) is 65.0 cm³/mol. The minimum atomic E-state index is -0.822. The number of hydrogen-bond donors (Lipinski definition) is 2. The fraction of sp³-hybridized carbons (Fsp3) is 0. The third-order valence-corrected chi connectivity index (χ3v) is 3.16. The number of benzene rings is 1. The van der Waals surface area contributed by atoms with Crippen molar-refractivity contribution in [3.8, 4) is 0 Å². The minimum absolute atomic E-state index is 0.0407. The Labute approximate surface area is 111 Å². The quantitative estimate of drug-likeness (QED) is 0.389. The van der Waals surface area contributed by atoms with Crippen LogP contribution in [0.2, 0.25) is 0 Å². The lowest BCUT2D eigenvalue weighted by atomic mass is 10.2. The van der Waals surface area contributed by atoms with Crippen molar-refractivity contribution < 1.29 is 14.0 Å². The van der Waals surface area contributed by atoms with E-state index in [9.17, 15) is 8.78 Å². The van der Waals surface area contributed by atoms with Crippen molar-refractivity contribution in [2.75, 3.05) is 0 Å². The Morgan fingerprint density at radius 2 is 1.95 bits per heavy atom. The highest BCUT2D eigenvalue weighted by Gasteiger charge is 2.15. The molecule has 3 N–H and O–H groups in total. The van der Waals surface area contributed by atoms with Crippen LogP contribution in [0.1, 0.15) is 5.56 Å². The Balaban J connectivity index is 2.38. The summed E-state index contributed by atoms with van der Waals surface area (Å²) in [6, 6.07) is 1.97. The van der Waals surface area contributed by atoms with E-state index in [1.807, 2.05) is 0 Å². The molecule has 0 bridgehead atoms. The van der Waals surface area contributed by atoms with Gasteiger partial charge in [-0.25, -0.2) is 13.8 Å². The molecule has 1 heterocycles. The molecule has 0 atom stereocenters. The first kappa shape index (κ1) is 13.2. The van der Waals surface area contributed by atoms with E-state index in [2.05, 4.69) is 15.1 Å². The molecule has 1 aromatic heterocycles. The zero-order valence-corrected chi connectivity index (χ0v) is 10.2. The normalized spacial score (nSPS) is 11.6. The van der Waals surface area contributed by atoms with Crippen molar-refractivity contribution in [2.45, 2.75) is 9.92 Å². The number of halogens is 2. The summed E-state index contributed by atoms with van der Waals surface area (Å²) >= 11 is 0.802. The van der Waals surface area contributed by atoms with Crippen LogP contribution in [0.25, 0.3) is 0 Å². The van der Waals surface area contributed by atoms with Gasteiger partial charge in [0.25, 0.3) is 0 Å². The second-order valence-corrected chi connectivity index (χ2v) is 4.43. The van der Waals surface area contributed by atoms with Gasteiger partial charge in [-0.3, -0.25) is 4.98 Å². The Bertz CT molecular complexity index is 598. The van der Waals surface area contributed by atoms with Crippen molar-refractivity contribution in [1.82, 2.24) is 9.97 Å². The number of rotatable bonds is 3. The summed E-state index contributed by atoms with van der Waals surface area (Å²) in [5, 5.41) is 11.5. The molecule has 0 amide bonds. The van der Waals surface area contributed by atoms with Crippen molar-refractivity contribution in [2.24, 2.45) is 10.9 Å². The van der Waals surface area contributed by atoms with Crippen LogP contribution in [-0.4, -0.2) is 21.0 Å². The standard InChI is InChI=1S/C11H8F2N4OS/c12-7-3-6(11(14)17-18)4-8(13)10(7)19-9-5-15-1-2-16-9/h1-5,18H,(H2,14,17). The molecule has 0 radical (unpaired) electrons. The molecule has 0 aliphatic carbocycles. The number of aromatic nitrogens is 2. The average molecular weight is 282 g/mol. The second kappa shape index (κ2) is 5.61. The van der Waals surface area contributed by atoms with Gasteiger partial charge >= 0.3 is 0 Å². The van der Waals surface area contributed by atoms with Crippen molar-refractivity contribution in [3.05, 3.63) is 47.9 Å². The van der Waals surface area contributed by atoms with Crippen LogP contribution in [0.15, 0.2) is 45.8 Å². The molecule has 0 aliphatic heterocycles. The zero-order valence-electron chi connectivity index (χ0n) is 9.42. The number of hydrogen-bond acceptors (Lipinski definition) is 5. The van der Waals surface area contributed by atoms with Crippen molar-refractivity contribution in [1.29, 1.82) is 0 Å². The van der Waals surface area contributed by atoms with Gasteiger partial charge in [-0.1, -0.05) is 16.9 Å². The third-order valence-electron chi connectivity index (χ3n) is 2.15. The van der Waals surface area contributed by atoms with Gasteiger partial charge in [0.1, 0.15) is 16.7 Å². The second-order valence-electron chi connectivity index (χ2n) is 3.40. The number of amidine groups is 1. The first-order valence-electron chi connectivity index (χ1n) is 5.02. The van der Waals surface area contributed by atoms with Gasteiger partial charge in [0, 0.05) is 18.0 Å². The van der Waals surface area contributed by atoms with Gasteiger partial charge in [-0.15, -0.1) is 0 Å². The molecule has 0 unspecified atom stereocenters. The summed E-state index contributed by atoms with van der Waals surface area (Å²) in [5.41, 5.74) is 5.23. The lowest BCUT2D eigenvalue weighted by Gasteiger charge is -2.06. The summed E-state index contributed by atoms with van der Waals surface area (Å²) in [5.74, 6) is -2.01. The molecule has 0 saturated heterocycles. The van der Waals surface area contributed by atoms with E-state index >= 15 is 0 Å². The summed E-state index contributed by atoms with van der Waals surface area (Å²) in [6.07, 6.45) is 4.27. The Morgan fingerprint density at radius 1 is 1.26 bits per heavy atom. The lowest BCUT2D eigenvalue weighted by molar-refractivity contribution is 0.318. The maximum absolute atomic E-state index is 13.8. The summed E-state index contributed by atoms with van der Waals surface area (Å²) < 4.78 is 27.6. The molecule has 1 aromatic carbocycles. The van der Waals surface area contributed by atoms with Crippen molar-refractivity contribution in [3.63, 3.8) is 0 Å². The summed E-state index contributed by atoms with van der Waals surface area (Å²) in [7, 11) is 0. The van der Waals surface area contributed by atoms with E-state index in [-0.39, 0.29) is 16.3 Å². The average Bonchev–Trinajstić information content (AvgIpc) is 2.43. The van der Waals surface area contributed by atoms with Gasteiger partial charge in [0.15, 0.2) is 5.84 Å². The van der Waals surface area contributed by atoms with Gasteiger partial charge in [0.05, 0.1) is 11.1 Å².